The molecule has 0 fully saturated rings. The molecular weight excluding hydrogens is 278 g/mol. The van der Waals surface area contributed by atoms with E-state index in [9.17, 15) is 10.1 Å². The Bertz CT molecular complexity index is 718. The first-order valence-electron chi connectivity index (χ1n) is 5.58. The van der Waals surface area contributed by atoms with Crippen molar-refractivity contribution in [2.45, 2.75) is 0 Å². The van der Waals surface area contributed by atoms with Gasteiger partial charge in [0, 0.05) is 6.20 Å². The van der Waals surface area contributed by atoms with Gasteiger partial charge in [0.25, 0.3) is 5.69 Å². The number of tetrazole rings is 1. The van der Waals surface area contributed by atoms with Gasteiger partial charge in [0.2, 0.25) is 5.82 Å². The Morgan fingerprint density at radius 3 is 3.00 bits per heavy atom. The van der Waals surface area contributed by atoms with Gasteiger partial charge in [0.1, 0.15) is 23.1 Å². The van der Waals surface area contributed by atoms with E-state index in [0.29, 0.717) is 5.75 Å². The Hall–Kier alpha value is -3.48. The number of aromatic amines is 1. The average molecular weight is 287 g/mol. The minimum Gasteiger partial charge on any atom is -0.496 e. The Morgan fingerprint density at radius 1 is 1.62 bits per heavy atom. The second kappa shape index (κ2) is 6.11. The van der Waals surface area contributed by atoms with Gasteiger partial charge in [-0.3, -0.25) is 10.1 Å². The number of hydrogen-bond acceptors (Lipinski definition) is 8. The van der Waals surface area contributed by atoms with Crippen LogP contribution in [-0.2, 0) is 0 Å². The fraction of sp³-hybridized carbons (Fsp3) is 0.0909. The van der Waals surface area contributed by atoms with E-state index >= 15 is 0 Å². The summed E-state index contributed by atoms with van der Waals surface area (Å²) in [4.78, 5) is 10.5. The highest BCUT2D eigenvalue weighted by atomic mass is 16.6. The minimum absolute atomic E-state index is 0.0777. The molecular formula is C11H9N7O3. The van der Waals surface area contributed by atoms with Gasteiger partial charge in [-0.2, -0.15) is 10.5 Å². The number of nitrogens with zero attached hydrogens (tertiary/aromatic N) is 5. The van der Waals surface area contributed by atoms with Crippen molar-refractivity contribution in [3.05, 3.63) is 40.3 Å². The van der Waals surface area contributed by atoms with Crippen molar-refractivity contribution in [3.8, 4) is 11.8 Å². The number of rotatable bonds is 5. The maximum absolute atomic E-state index is 11.0. The first kappa shape index (κ1) is 13.9. The van der Waals surface area contributed by atoms with Crippen LogP contribution in [0, 0.1) is 21.4 Å². The topological polar surface area (TPSA) is 143 Å². The molecule has 21 heavy (non-hydrogen) atoms. The van der Waals surface area contributed by atoms with Crippen molar-refractivity contribution in [2.75, 3.05) is 12.4 Å². The normalized spacial score (nSPS) is 10.8. The molecule has 1 aromatic carbocycles. The first-order chi connectivity index (χ1) is 10.2. The SMILES string of the molecule is COc1ccc(NC=C(C#N)c2nn[nH]n2)c([N+](=O)[O-])c1. The summed E-state index contributed by atoms with van der Waals surface area (Å²) < 4.78 is 4.93. The number of nitriles is 1. The molecule has 0 unspecified atom stereocenters. The Kier molecular flexibility index (Phi) is 4.06. The number of hydrogen-bond donors (Lipinski definition) is 2. The van der Waals surface area contributed by atoms with Gasteiger partial charge in [-0.05, 0) is 17.3 Å². The molecule has 0 saturated heterocycles. The van der Waals surface area contributed by atoms with Crippen LogP contribution in [0.4, 0.5) is 11.4 Å². The van der Waals surface area contributed by atoms with Gasteiger partial charge < -0.3 is 10.1 Å². The second-order valence-electron chi connectivity index (χ2n) is 3.69. The van der Waals surface area contributed by atoms with E-state index in [1.165, 1.54) is 25.4 Å². The molecule has 2 aromatic rings. The van der Waals surface area contributed by atoms with Crippen LogP contribution in [0.3, 0.4) is 0 Å². The lowest BCUT2D eigenvalue weighted by Gasteiger charge is -2.05. The second-order valence-corrected chi connectivity index (χ2v) is 3.69. The predicted molar refractivity (Wildman–Crippen MR) is 71.0 cm³/mol. The minimum atomic E-state index is -0.556. The lowest BCUT2D eigenvalue weighted by Crippen LogP contribution is -1.98. The average Bonchev–Trinajstić information content (AvgIpc) is 3.02. The molecule has 0 bridgehead atoms. The third-order valence-electron chi connectivity index (χ3n) is 2.48. The van der Waals surface area contributed by atoms with Crippen LogP contribution < -0.4 is 10.1 Å². The highest BCUT2D eigenvalue weighted by molar-refractivity contribution is 5.75. The Balaban J connectivity index is 2.31. The molecule has 0 saturated carbocycles. The Labute approximate surface area is 118 Å². The van der Waals surface area contributed by atoms with Gasteiger partial charge in [0.15, 0.2) is 0 Å². The van der Waals surface area contributed by atoms with Crippen molar-refractivity contribution in [1.82, 2.24) is 20.6 Å². The fourth-order valence-electron chi connectivity index (χ4n) is 1.48. The van der Waals surface area contributed by atoms with E-state index in [-0.39, 0.29) is 22.8 Å². The molecule has 0 atom stereocenters. The highest BCUT2D eigenvalue weighted by Gasteiger charge is 2.15. The molecule has 0 radical (unpaired) electrons. The summed E-state index contributed by atoms with van der Waals surface area (Å²) in [6.07, 6.45) is 1.26. The molecule has 1 aromatic heterocycles. The van der Waals surface area contributed by atoms with Gasteiger partial charge in [-0.1, -0.05) is 0 Å². The first-order valence-corrected chi connectivity index (χ1v) is 5.58. The molecule has 10 heteroatoms. The number of nitrogens with one attached hydrogen (secondary N) is 2. The van der Waals surface area contributed by atoms with E-state index in [0.717, 1.165) is 0 Å². The summed E-state index contributed by atoms with van der Waals surface area (Å²) in [5, 5.41) is 35.6. The van der Waals surface area contributed by atoms with E-state index in [1.54, 1.807) is 6.07 Å². The summed E-state index contributed by atoms with van der Waals surface area (Å²) in [6, 6.07) is 6.17. The standard InChI is InChI=1S/C11H9N7O3/c1-21-8-2-3-9(10(4-8)18(19)20)13-6-7(5-12)11-14-16-17-15-11/h2-4,6,13H,1H3,(H,14,15,16,17). The summed E-state index contributed by atoms with van der Waals surface area (Å²) in [7, 11) is 1.41. The van der Waals surface area contributed by atoms with Crippen LogP contribution in [0.5, 0.6) is 5.75 Å². The van der Waals surface area contributed by atoms with Crippen molar-refractivity contribution in [2.24, 2.45) is 0 Å². The number of nitro benzene ring substituents is 1. The predicted octanol–water partition coefficient (Wildman–Crippen LogP) is 1.09. The number of benzene rings is 1. The van der Waals surface area contributed by atoms with E-state index in [2.05, 4.69) is 25.9 Å². The molecule has 2 rings (SSSR count). The largest absolute Gasteiger partial charge is 0.496 e. The smallest absolute Gasteiger partial charge is 0.296 e. The van der Waals surface area contributed by atoms with Crippen molar-refractivity contribution < 1.29 is 9.66 Å². The maximum atomic E-state index is 11.0. The molecule has 2 N–H and O–H groups in total. The van der Waals surface area contributed by atoms with Crippen molar-refractivity contribution in [1.29, 1.82) is 5.26 Å². The van der Waals surface area contributed by atoms with Crippen LogP contribution in [0.2, 0.25) is 0 Å². The van der Waals surface area contributed by atoms with Crippen LogP contribution >= 0.6 is 0 Å². The molecule has 0 aliphatic carbocycles. The molecule has 0 amide bonds. The number of aromatic nitrogens is 4. The van der Waals surface area contributed by atoms with E-state index in [4.69, 9.17) is 10.00 Å². The van der Waals surface area contributed by atoms with Crippen LogP contribution in [0.15, 0.2) is 24.4 Å². The van der Waals surface area contributed by atoms with Gasteiger partial charge in [0.05, 0.1) is 18.1 Å². The summed E-state index contributed by atoms with van der Waals surface area (Å²) in [5.41, 5.74) is 0.0990. The van der Waals surface area contributed by atoms with Crippen molar-refractivity contribution in [3.63, 3.8) is 0 Å². The number of methoxy groups -OCH3 is 1. The molecule has 10 nitrogen and oxygen atoms in total. The summed E-state index contributed by atoms with van der Waals surface area (Å²) >= 11 is 0. The number of allylic oxidation sites excluding steroid dienone is 1. The molecule has 106 valence electrons. The molecule has 0 aliphatic heterocycles. The van der Waals surface area contributed by atoms with Gasteiger partial charge in [-0.25, -0.2) is 0 Å². The summed E-state index contributed by atoms with van der Waals surface area (Å²) in [5.74, 6) is 0.441. The maximum Gasteiger partial charge on any atom is 0.296 e. The van der Waals surface area contributed by atoms with Crippen LogP contribution in [0.25, 0.3) is 5.57 Å². The number of anilines is 1. The lowest BCUT2D eigenvalue weighted by molar-refractivity contribution is -0.384. The zero-order valence-electron chi connectivity index (χ0n) is 10.8. The molecule has 0 spiro atoms. The van der Waals surface area contributed by atoms with Crippen molar-refractivity contribution >= 4 is 16.9 Å². The third-order valence-corrected chi connectivity index (χ3v) is 2.48. The lowest BCUT2D eigenvalue weighted by atomic mass is 10.2. The monoisotopic (exact) mass is 287 g/mol. The third kappa shape index (κ3) is 3.10. The highest BCUT2D eigenvalue weighted by Crippen LogP contribution is 2.29. The zero-order valence-corrected chi connectivity index (χ0v) is 10.8. The van der Waals surface area contributed by atoms with E-state index in [1.807, 2.05) is 6.07 Å². The number of nitro groups is 1. The molecule has 0 aliphatic rings. The van der Waals surface area contributed by atoms with Gasteiger partial charge in [-0.15, -0.1) is 10.2 Å². The van der Waals surface area contributed by atoms with Crippen LogP contribution in [0.1, 0.15) is 5.82 Å². The van der Waals surface area contributed by atoms with Gasteiger partial charge >= 0.3 is 0 Å². The zero-order chi connectivity index (χ0) is 15.2. The molecule has 1 heterocycles. The number of H-pyrrole nitrogens is 1. The Morgan fingerprint density at radius 2 is 2.43 bits per heavy atom. The van der Waals surface area contributed by atoms with E-state index < -0.39 is 4.92 Å². The summed E-state index contributed by atoms with van der Waals surface area (Å²) in [6.45, 7) is 0. The quantitative estimate of drug-likeness (QED) is 0.472. The number of ether oxygens (including phenoxy) is 1. The van der Waals surface area contributed by atoms with Crippen LogP contribution in [-0.4, -0.2) is 32.7 Å². The fourth-order valence-corrected chi connectivity index (χ4v) is 1.48.